The molecule has 0 aromatic heterocycles. The monoisotopic (exact) mass is 639 g/mol. The molecule has 236 valence electrons. The normalized spacial score (nSPS) is 14.1. The number of hydrogen-bond donors (Lipinski definition) is 1. The van der Waals surface area contributed by atoms with Crippen molar-refractivity contribution in [2.24, 2.45) is 0 Å². The summed E-state index contributed by atoms with van der Waals surface area (Å²) in [5.41, 5.74) is 0.982. The minimum absolute atomic E-state index is 0.0424. The van der Waals surface area contributed by atoms with Gasteiger partial charge in [0, 0.05) is 17.5 Å². The van der Waals surface area contributed by atoms with E-state index < -0.39 is 28.5 Å². The van der Waals surface area contributed by atoms with E-state index in [1.165, 1.54) is 28.8 Å². The Balaban J connectivity index is 1.73. The molecular weight excluding hydrogens is 599 g/mol. The average Bonchev–Trinajstić information content (AvgIpc) is 3.55. The third kappa shape index (κ3) is 8.06. The maximum atomic E-state index is 14.3. The maximum Gasteiger partial charge on any atom is 0.264 e. The third-order valence-corrected chi connectivity index (χ3v) is 10.2. The van der Waals surface area contributed by atoms with Gasteiger partial charge in [0.05, 0.1) is 24.3 Å². The average molecular weight is 640 g/mol. The lowest BCUT2D eigenvalue weighted by Gasteiger charge is -2.33. The van der Waals surface area contributed by atoms with Crippen molar-refractivity contribution in [1.82, 2.24) is 10.2 Å². The van der Waals surface area contributed by atoms with Crippen LogP contribution in [0, 0.1) is 0 Å². The molecular formula is C33H41N3O6S2. The van der Waals surface area contributed by atoms with Crippen molar-refractivity contribution in [3.63, 3.8) is 0 Å². The predicted octanol–water partition coefficient (Wildman–Crippen LogP) is 5.49. The number of hydrogen-bond acceptors (Lipinski definition) is 7. The summed E-state index contributed by atoms with van der Waals surface area (Å²) >= 11 is 1.50. The van der Waals surface area contributed by atoms with Gasteiger partial charge in [-0.3, -0.25) is 13.9 Å². The molecule has 1 N–H and O–H groups in total. The first kappa shape index (κ1) is 33.2. The smallest absolute Gasteiger partial charge is 0.264 e. The van der Waals surface area contributed by atoms with Crippen LogP contribution < -0.4 is 19.1 Å². The molecule has 0 radical (unpaired) electrons. The first-order valence-electron chi connectivity index (χ1n) is 14.8. The summed E-state index contributed by atoms with van der Waals surface area (Å²) in [5, 5.41) is 3.09. The molecule has 3 aromatic rings. The van der Waals surface area contributed by atoms with E-state index in [4.69, 9.17) is 9.47 Å². The zero-order valence-corrected chi connectivity index (χ0v) is 27.3. The van der Waals surface area contributed by atoms with Crippen molar-refractivity contribution in [3.05, 3.63) is 78.4 Å². The van der Waals surface area contributed by atoms with Crippen LogP contribution in [0.5, 0.6) is 11.5 Å². The van der Waals surface area contributed by atoms with Crippen molar-refractivity contribution >= 4 is 39.3 Å². The molecule has 0 saturated heterocycles. The van der Waals surface area contributed by atoms with Crippen molar-refractivity contribution in [2.45, 2.75) is 68.0 Å². The van der Waals surface area contributed by atoms with E-state index in [1.807, 2.05) is 25.3 Å². The number of methoxy groups -OCH3 is 1. The molecule has 0 unspecified atom stereocenters. The number of nitrogens with zero attached hydrogens (tertiary/aromatic N) is 2. The summed E-state index contributed by atoms with van der Waals surface area (Å²) in [6.07, 6.45) is 5.81. The lowest BCUT2D eigenvalue weighted by atomic mass is 10.1. The number of benzene rings is 3. The van der Waals surface area contributed by atoms with Crippen molar-refractivity contribution in [1.29, 1.82) is 0 Å². The van der Waals surface area contributed by atoms with Gasteiger partial charge < -0.3 is 19.7 Å². The molecule has 1 atom stereocenters. The van der Waals surface area contributed by atoms with Crippen LogP contribution in [0.2, 0.25) is 0 Å². The SMILES string of the molecule is CCOc1ccccc1N(CC(=O)N(Cc1cccc(OC)c1)[C@H](C)C(=O)NC1CCCC1)S(=O)(=O)c1ccc(SC)cc1. The van der Waals surface area contributed by atoms with E-state index in [-0.39, 0.29) is 29.1 Å². The van der Waals surface area contributed by atoms with Crippen molar-refractivity contribution < 1.29 is 27.5 Å². The van der Waals surface area contributed by atoms with Crippen LogP contribution >= 0.6 is 11.8 Å². The van der Waals surface area contributed by atoms with Crippen LogP contribution in [0.25, 0.3) is 0 Å². The fourth-order valence-electron chi connectivity index (χ4n) is 5.27. The van der Waals surface area contributed by atoms with Crippen LogP contribution in [-0.2, 0) is 26.2 Å². The molecule has 1 aliphatic carbocycles. The van der Waals surface area contributed by atoms with Gasteiger partial charge in [0.25, 0.3) is 10.0 Å². The largest absolute Gasteiger partial charge is 0.497 e. The number of carbonyl (C=O) groups excluding carboxylic acids is 2. The second-order valence-corrected chi connectivity index (χ2v) is 13.4. The number of rotatable bonds is 14. The Kier molecular flexibility index (Phi) is 11.6. The fourth-order valence-corrected chi connectivity index (χ4v) is 7.10. The molecule has 4 rings (SSSR count). The topological polar surface area (TPSA) is 105 Å². The van der Waals surface area contributed by atoms with Crippen LogP contribution in [0.15, 0.2) is 82.6 Å². The van der Waals surface area contributed by atoms with Crippen molar-refractivity contribution in [2.75, 3.05) is 30.8 Å². The Morgan fingerprint density at radius 1 is 1.02 bits per heavy atom. The van der Waals surface area contributed by atoms with Gasteiger partial charge in [0.2, 0.25) is 11.8 Å². The number of thioether (sulfide) groups is 1. The van der Waals surface area contributed by atoms with Crippen LogP contribution in [-0.4, -0.2) is 63.7 Å². The Hall–Kier alpha value is -3.70. The van der Waals surface area contributed by atoms with E-state index in [9.17, 15) is 18.0 Å². The Labute approximate surface area is 265 Å². The van der Waals surface area contributed by atoms with Gasteiger partial charge in [-0.2, -0.15) is 0 Å². The summed E-state index contributed by atoms with van der Waals surface area (Å²) in [4.78, 5) is 30.1. The molecule has 11 heteroatoms. The lowest BCUT2D eigenvalue weighted by molar-refractivity contribution is -0.139. The van der Waals surface area contributed by atoms with Gasteiger partial charge in [0.15, 0.2) is 0 Å². The summed E-state index contributed by atoms with van der Waals surface area (Å²) < 4.78 is 40.7. The van der Waals surface area contributed by atoms with Gasteiger partial charge in [-0.15, -0.1) is 11.8 Å². The molecule has 1 aliphatic rings. The zero-order chi connectivity index (χ0) is 31.7. The Morgan fingerprint density at radius 3 is 2.39 bits per heavy atom. The first-order chi connectivity index (χ1) is 21.2. The zero-order valence-electron chi connectivity index (χ0n) is 25.7. The van der Waals surface area contributed by atoms with Gasteiger partial charge in [-0.05, 0) is 87.0 Å². The molecule has 1 saturated carbocycles. The quantitative estimate of drug-likeness (QED) is 0.233. The first-order valence-corrected chi connectivity index (χ1v) is 17.5. The van der Waals surface area contributed by atoms with Crippen molar-refractivity contribution in [3.8, 4) is 11.5 Å². The highest BCUT2D eigenvalue weighted by molar-refractivity contribution is 7.98. The van der Waals surface area contributed by atoms with Crippen LogP contribution in [0.1, 0.15) is 45.1 Å². The van der Waals surface area contributed by atoms with E-state index in [0.717, 1.165) is 40.4 Å². The molecule has 0 aliphatic heterocycles. The molecule has 0 bridgehead atoms. The van der Waals surface area contributed by atoms with E-state index in [2.05, 4.69) is 5.32 Å². The molecule has 44 heavy (non-hydrogen) atoms. The fraction of sp³-hybridized carbons (Fsp3) is 0.394. The third-order valence-electron chi connectivity index (χ3n) is 7.72. The number of para-hydroxylation sites is 2. The summed E-state index contributed by atoms with van der Waals surface area (Å²) in [5.74, 6) is 0.141. The van der Waals surface area contributed by atoms with E-state index in [1.54, 1.807) is 62.6 Å². The molecule has 9 nitrogen and oxygen atoms in total. The molecule has 1 fully saturated rings. The predicted molar refractivity (Wildman–Crippen MR) is 174 cm³/mol. The number of amides is 2. The molecule has 3 aromatic carbocycles. The molecule has 0 heterocycles. The minimum Gasteiger partial charge on any atom is -0.497 e. The highest BCUT2D eigenvalue weighted by atomic mass is 32.2. The lowest BCUT2D eigenvalue weighted by Crippen LogP contribution is -2.52. The number of sulfonamides is 1. The van der Waals surface area contributed by atoms with Crippen LogP contribution in [0.4, 0.5) is 5.69 Å². The number of nitrogens with one attached hydrogen (secondary N) is 1. The summed E-state index contributed by atoms with van der Waals surface area (Å²) in [6.45, 7) is 3.33. The minimum atomic E-state index is -4.22. The Bertz CT molecular complexity index is 1520. The summed E-state index contributed by atoms with van der Waals surface area (Å²) in [7, 11) is -2.66. The second-order valence-electron chi connectivity index (χ2n) is 10.6. The summed E-state index contributed by atoms with van der Waals surface area (Å²) in [6, 6.07) is 19.7. The Morgan fingerprint density at radius 2 is 1.73 bits per heavy atom. The second kappa shape index (κ2) is 15.3. The highest BCUT2D eigenvalue weighted by Crippen LogP contribution is 2.33. The maximum absolute atomic E-state index is 14.3. The van der Waals surface area contributed by atoms with Gasteiger partial charge in [0.1, 0.15) is 24.1 Å². The number of anilines is 1. The molecule has 0 spiro atoms. The standard InChI is InChI=1S/C33H41N3O6S2/c1-5-42-31-16-9-8-15-30(31)36(44(39,40)29-19-17-28(43-4)18-20-29)23-32(37)35(22-25-11-10-14-27(21-25)41-3)24(2)33(38)34-26-12-6-7-13-26/h8-11,14-21,24,26H,5-7,12-13,22-23H2,1-4H3,(H,34,38)/t24-/m1/s1. The number of ether oxygens (including phenoxy) is 2. The highest BCUT2D eigenvalue weighted by Gasteiger charge is 2.34. The van der Waals surface area contributed by atoms with Gasteiger partial charge in [-0.25, -0.2) is 8.42 Å². The van der Waals surface area contributed by atoms with Gasteiger partial charge >= 0.3 is 0 Å². The van der Waals surface area contributed by atoms with E-state index >= 15 is 0 Å². The van der Waals surface area contributed by atoms with Crippen LogP contribution in [0.3, 0.4) is 0 Å². The number of carbonyl (C=O) groups is 2. The molecule has 2 amide bonds. The van der Waals surface area contributed by atoms with Gasteiger partial charge in [-0.1, -0.05) is 37.1 Å². The van der Waals surface area contributed by atoms with E-state index in [0.29, 0.717) is 18.1 Å².